The van der Waals surface area contributed by atoms with Crippen LogP contribution >= 0.6 is 35.3 Å². The molecule has 3 unspecified atom stereocenters. The average Bonchev–Trinajstić information content (AvgIpc) is 3.28. The summed E-state index contributed by atoms with van der Waals surface area (Å²) in [4.78, 5) is 31.7. The zero-order valence-electron chi connectivity index (χ0n) is 17.3. The summed E-state index contributed by atoms with van der Waals surface area (Å²) in [6.07, 6.45) is -4.62. The highest BCUT2D eigenvalue weighted by Crippen LogP contribution is 2.54. The Morgan fingerprint density at radius 3 is 2.62 bits per heavy atom. The molecule has 0 spiro atoms. The molecule has 6 nitrogen and oxygen atoms in total. The van der Waals surface area contributed by atoms with Crippen molar-refractivity contribution in [1.82, 2.24) is 4.98 Å². The van der Waals surface area contributed by atoms with Gasteiger partial charge in [0.05, 0.1) is 29.3 Å². The first kappa shape index (κ1) is 22.9. The van der Waals surface area contributed by atoms with E-state index < -0.39 is 40.6 Å². The lowest BCUT2D eigenvalue weighted by atomic mass is 9.83. The van der Waals surface area contributed by atoms with Gasteiger partial charge in [0.15, 0.2) is 15.5 Å². The molecule has 3 heterocycles. The van der Waals surface area contributed by atoms with Crippen LogP contribution in [0.3, 0.4) is 0 Å². The summed E-state index contributed by atoms with van der Waals surface area (Å²) in [5, 5.41) is 9.80. The van der Waals surface area contributed by atoms with Gasteiger partial charge in [0.1, 0.15) is 5.25 Å². The molecular formula is C22H15F3N2O4S3. The van der Waals surface area contributed by atoms with E-state index in [0.717, 1.165) is 33.7 Å². The molecule has 3 aromatic rings. The van der Waals surface area contributed by atoms with E-state index in [1.54, 1.807) is 12.1 Å². The smallest absolute Gasteiger partial charge is 0.416 e. The number of alkyl halides is 3. The van der Waals surface area contributed by atoms with Crippen molar-refractivity contribution in [1.29, 1.82) is 0 Å². The standard InChI is InChI=1S/C22H15F3N2O4S3/c1-31-13-7-9(5-6-12(13)28)14-15-17(33-18-16(14)34-21(32)26-18)20(30)27(19(15)29)11-4-2-3-10(8-11)22(23,24)25/h2-8,14-15,17,28H,1H3,(H,26,32). The fourth-order valence-electron chi connectivity index (χ4n) is 4.34. The highest BCUT2D eigenvalue weighted by molar-refractivity contribution is 8.01. The van der Waals surface area contributed by atoms with Crippen molar-refractivity contribution in [3.63, 3.8) is 0 Å². The molecule has 5 rings (SSSR count). The van der Waals surface area contributed by atoms with Gasteiger partial charge >= 0.3 is 6.18 Å². The Balaban J connectivity index is 1.64. The number of carbonyl (C=O) groups is 2. The molecule has 1 aromatic heterocycles. The number of fused-ring (bicyclic) bond motifs is 2. The van der Waals surface area contributed by atoms with Crippen LogP contribution in [0.4, 0.5) is 18.9 Å². The number of imide groups is 1. The highest BCUT2D eigenvalue weighted by Gasteiger charge is 2.56. The average molecular weight is 525 g/mol. The third kappa shape index (κ3) is 3.60. The van der Waals surface area contributed by atoms with E-state index in [4.69, 9.17) is 17.0 Å². The Morgan fingerprint density at radius 2 is 1.91 bits per heavy atom. The molecule has 0 saturated carbocycles. The van der Waals surface area contributed by atoms with Crippen LogP contribution in [0, 0.1) is 9.87 Å². The Kier molecular flexibility index (Phi) is 5.49. The van der Waals surface area contributed by atoms with Gasteiger partial charge < -0.3 is 14.8 Å². The Bertz CT molecular complexity index is 1380. The van der Waals surface area contributed by atoms with Gasteiger partial charge in [0, 0.05) is 10.8 Å². The number of ether oxygens (including phenoxy) is 1. The summed E-state index contributed by atoms with van der Waals surface area (Å²) in [5.74, 6) is -2.57. The number of phenols is 1. The molecule has 0 aliphatic carbocycles. The van der Waals surface area contributed by atoms with Crippen LogP contribution in [0.5, 0.6) is 11.5 Å². The number of hydrogen-bond acceptors (Lipinski definition) is 7. The number of thioether (sulfide) groups is 1. The molecule has 0 bridgehead atoms. The summed E-state index contributed by atoms with van der Waals surface area (Å²) in [5.41, 5.74) is -0.460. The SMILES string of the molecule is COc1cc(C2c3sc(=S)[nH]c3SC3C(=O)N(c4cccc(C(F)(F)F)c4)C(=O)C32)ccc1O. The van der Waals surface area contributed by atoms with Gasteiger partial charge in [-0.25, -0.2) is 4.90 Å². The number of thiazole rings is 1. The summed E-state index contributed by atoms with van der Waals surface area (Å²) in [7, 11) is 1.39. The largest absolute Gasteiger partial charge is 0.504 e. The van der Waals surface area contributed by atoms with Crippen molar-refractivity contribution in [2.75, 3.05) is 12.0 Å². The first-order chi connectivity index (χ1) is 16.1. The summed E-state index contributed by atoms with van der Waals surface area (Å²) in [6, 6.07) is 8.83. The number of aromatic hydroxyl groups is 1. The maximum Gasteiger partial charge on any atom is 0.416 e. The fourth-order valence-corrected chi connectivity index (χ4v) is 7.30. The second-order valence-corrected chi connectivity index (χ2v) is 10.6. The van der Waals surface area contributed by atoms with E-state index in [0.29, 0.717) is 14.5 Å². The van der Waals surface area contributed by atoms with Crippen molar-refractivity contribution in [3.05, 3.63) is 62.4 Å². The lowest BCUT2D eigenvalue weighted by Gasteiger charge is -2.30. The van der Waals surface area contributed by atoms with Crippen molar-refractivity contribution in [2.45, 2.75) is 22.4 Å². The molecule has 1 saturated heterocycles. The second-order valence-electron chi connectivity index (χ2n) is 7.74. The number of anilines is 1. The van der Waals surface area contributed by atoms with Crippen LogP contribution in [-0.2, 0) is 15.8 Å². The van der Waals surface area contributed by atoms with Crippen LogP contribution < -0.4 is 9.64 Å². The minimum Gasteiger partial charge on any atom is -0.504 e. The summed E-state index contributed by atoms with van der Waals surface area (Å²) >= 11 is 7.71. The Hall–Kier alpha value is -2.83. The minimum atomic E-state index is -4.62. The van der Waals surface area contributed by atoms with Crippen LogP contribution in [0.2, 0.25) is 0 Å². The molecule has 176 valence electrons. The number of nitrogens with one attached hydrogen (secondary N) is 1. The van der Waals surface area contributed by atoms with Gasteiger partial charge in [-0.15, -0.1) is 11.3 Å². The number of rotatable bonds is 3. The second kappa shape index (κ2) is 8.14. The van der Waals surface area contributed by atoms with Crippen LogP contribution in [0.1, 0.15) is 21.9 Å². The first-order valence-corrected chi connectivity index (χ1v) is 12.0. The molecule has 2 aliphatic rings. The number of aromatic amines is 1. The number of methoxy groups -OCH3 is 1. The number of halogens is 3. The summed E-state index contributed by atoms with van der Waals surface area (Å²) < 4.78 is 45.5. The van der Waals surface area contributed by atoms with Crippen molar-refractivity contribution in [2.24, 2.45) is 5.92 Å². The molecule has 2 aromatic carbocycles. The lowest BCUT2D eigenvalue weighted by molar-refractivity contribution is -0.137. The Morgan fingerprint density at radius 1 is 1.15 bits per heavy atom. The predicted molar refractivity (Wildman–Crippen MR) is 123 cm³/mol. The number of hydrogen-bond donors (Lipinski definition) is 2. The maximum absolute atomic E-state index is 13.6. The quantitative estimate of drug-likeness (QED) is 0.356. The van der Waals surface area contributed by atoms with Crippen molar-refractivity contribution < 1.29 is 32.6 Å². The number of phenolic OH excluding ortho intramolecular Hbond substituents is 1. The molecule has 2 N–H and O–H groups in total. The number of nitrogens with zero attached hydrogens (tertiary/aromatic N) is 1. The van der Waals surface area contributed by atoms with Crippen LogP contribution in [-0.4, -0.2) is 34.3 Å². The van der Waals surface area contributed by atoms with E-state index in [1.807, 2.05) is 0 Å². The molecule has 34 heavy (non-hydrogen) atoms. The number of H-pyrrole nitrogens is 1. The molecule has 0 radical (unpaired) electrons. The number of carbonyl (C=O) groups excluding carboxylic acids is 2. The molecular weight excluding hydrogens is 509 g/mol. The zero-order valence-corrected chi connectivity index (χ0v) is 19.7. The third-order valence-electron chi connectivity index (χ3n) is 5.82. The third-order valence-corrected chi connectivity index (χ3v) is 8.57. The van der Waals surface area contributed by atoms with E-state index >= 15 is 0 Å². The molecule has 2 amide bonds. The van der Waals surface area contributed by atoms with Crippen LogP contribution in [0.25, 0.3) is 0 Å². The van der Waals surface area contributed by atoms with Gasteiger partial charge in [-0.3, -0.25) is 9.59 Å². The van der Waals surface area contributed by atoms with Crippen molar-refractivity contribution in [3.8, 4) is 11.5 Å². The van der Waals surface area contributed by atoms with E-state index in [9.17, 15) is 27.9 Å². The van der Waals surface area contributed by atoms with Gasteiger partial charge in [0.2, 0.25) is 11.8 Å². The van der Waals surface area contributed by atoms with Gasteiger partial charge in [0.25, 0.3) is 0 Å². The molecule has 2 aliphatic heterocycles. The fraction of sp³-hybridized carbons (Fsp3) is 0.227. The summed E-state index contributed by atoms with van der Waals surface area (Å²) in [6.45, 7) is 0. The molecule has 1 fully saturated rings. The van der Waals surface area contributed by atoms with Gasteiger partial charge in [-0.2, -0.15) is 13.2 Å². The van der Waals surface area contributed by atoms with E-state index in [-0.39, 0.29) is 17.2 Å². The van der Waals surface area contributed by atoms with Gasteiger partial charge in [-0.05, 0) is 48.1 Å². The highest BCUT2D eigenvalue weighted by atomic mass is 32.2. The van der Waals surface area contributed by atoms with E-state index in [2.05, 4.69) is 4.98 Å². The van der Waals surface area contributed by atoms with Crippen LogP contribution in [0.15, 0.2) is 47.5 Å². The maximum atomic E-state index is 13.6. The lowest BCUT2D eigenvalue weighted by Crippen LogP contribution is -2.32. The minimum absolute atomic E-state index is 0.0886. The zero-order chi connectivity index (χ0) is 24.4. The van der Waals surface area contributed by atoms with Crippen molar-refractivity contribution >= 4 is 52.8 Å². The monoisotopic (exact) mass is 524 g/mol. The number of aromatic nitrogens is 1. The topological polar surface area (TPSA) is 82.6 Å². The van der Waals surface area contributed by atoms with E-state index in [1.165, 1.54) is 36.6 Å². The Labute approximate surface area is 204 Å². The normalized spacial score (nSPS) is 22.0. The first-order valence-electron chi connectivity index (χ1n) is 9.91. The molecule has 3 atom stereocenters. The molecule has 12 heteroatoms. The predicted octanol–water partition coefficient (Wildman–Crippen LogP) is 5.33. The van der Waals surface area contributed by atoms with Gasteiger partial charge in [-0.1, -0.05) is 23.9 Å². The number of amides is 2. The number of benzene rings is 2.